The molecule has 0 aliphatic carbocycles. The van der Waals surface area contributed by atoms with Crippen LogP contribution in [0.25, 0.3) is 0 Å². The summed E-state index contributed by atoms with van der Waals surface area (Å²) in [5.74, 6) is -0.0687. The van der Waals surface area contributed by atoms with Gasteiger partial charge in [-0.1, -0.05) is 13.8 Å². The number of methoxy groups -OCH3 is 1. The third-order valence-electron chi connectivity index (χ3n) is 4.58. The minimum atomic E-state index is -0.748. The largest absolute Gasteiger partial charge is 0.480 e. The van der Waals surface area contributed by atoms with E-state index >= 15 is 0 Å². The third kappa shape index (κ3) is 5.57. The number of likely N-dealkylation sites (tertiary alicyclic amines) is 1. The normalized spacial score (nSPS) is 22.3. The van der Waals surface area contributed by atoms with Gasteiger partial charge in [0.05, 0.1) is 6.61 Å². The molecule has 2 N–H and O–H groups in total. The van der Waals surface area contributed by atoms with Crippen molar-refractivity contribution in [2.45, 2.75) is 51.5 Å². The van der Waals surface area contributed by atoms with E-state index in [-0.39, 0.29) is 0 Å². The van der Waals surface area contributed by atoms with E-state index in [4.69, 9.17) is 4.74 Å². The molecule has 2 unspecified atom stereocenters. The Morgan fingerprint density at radius 2 is 2.24 bits per heavy atom. The summed E-state index contributed by atoms with van der Waals surface area (Å²) in [6, 6.07) is 0. The first-order valence-electron chi connectivity index (χ1n) is 8.27. The molecule has 0 aromatic rings. The van der Waals surface area contributed by atoms with Gasteiger partial charge >= 0.3 is 5.97 Å². The Morgan fingerprint density at radius 3 is 2.81 bits per heavy atom. The molecular weight excluding hydrogens is 268 g/mol. The summed E-state index contributed by atoms with van der Waals surface area (Å²) in [6.45, 7) is 8.81. The van der Waals surface area contributed by atoms with Crippen LogP contribution in [0.4, 0.5) is 0 Å². The zero-order chi connectivity index (χ0) is 15.7. The molecule has 0 saturated carbocycles. The summed E-state index contributed by atoms with van der Waals surface area (Å²) in [4.78, 5) is 14.1. The number of ether oxygens (including phenoxy) is 1. The summed E-state index contributed by atoms with van der Waals surface area (Å²) in [7, 11) is 1.75. The zero-order valence-electron chi connectivity index (χ0n) is 13.9. The molecule has 0 spiro atoms. The van der Waals surface area contributed by atoms with Crippen molar-refractivity contribution in [1.82, 2.24) is 10.2 Å². The fourth-order valence-electron chi connectivity index (χ4n) is 3.18. The van der Waals surface area contributed by atoms with Crippen LogP contribution in [0.2, 0.25) is 0 Å². The second kappa shape index (κ2) is 9.38. The van der Waals surface area contributed by atoms with Gasteiger partial charge in [0.15, 0.2) is 0 Å². The van der Waals surface area contributed by atoms with Crippen LogP contribution in [-0.2, 0) is 9.53 Å². The van der Waals surface area contributed by atoms with Crippen molar-refractivity contribution in [3.8, 4) is 0 Å². The first kappa shape index (κ1) is 18.4. The molecule has 21 heavy (non-hydrogen) atoms. The van der Waals surface area contributed by atoms with E-state index in [9.17, 15) is 9.90 Å². The van der Waals surface area contributed by atoms with Crippen LogP contribution in [0.3, 0.4) is 0 Å². The number of aliphatic carboxylic acids is 1. The Labute approximate surface area is 129 Å². The third-order valence-corrected chi connectivity index (χ3v) is 4.58. The highest BCUT2D eigenvalue weighted by molar-refractivity contribution is 5.78. The Morgan fingerprint density at radius 1 is 1.48 bits per heavy atom. The van der Waals surface area contributed by atoms with Gasteiger partial charge in [0.2, 0.25) is 0 Å². The molecule has 124 valence electrons. The van der Waals surface area contributed by atoms with Crippen molar-refractivity contribution >= 4 is 5.97 Å². The highest BCUT2D eigenvalue weighted by atomic mass is 16.5. The second-order valence-corrected chi connectivity index (χ2v) is 6.18. The molecule has 5 nitrogen and oxygen atoms in total. The van der Waals surface area contributed by atoms with Gasteiger partial charge in [-0.3, -0.25) is 4.79 Å². The van der Waals surface area contributed by atoms with Crippen molar-refractivity contribution < 1.29 is 14.6 Å². The van der Waals surface area contributed by atoms with Crippen molar-refractivity contribution in [2.75, 3.05) is 39.9 Å². The van der Waals surface area contributed by atoms with Gasteiger partial charge in [-0.05, 0) is 57.7 Å². The number of nitrogens with one attached hydrogen (secondary N) is 1. The molecule has 1 aliphatic heterocycles. The fourth-order valence-corrected chi connectivity index (χ4v) is 3.18. The maximum atomic E-state index is 11.6. The SMILES string of the molecule is CCCNC(CC)(CCCN1CCC(COC)C1)C(=O)O. The zero-order valence-corrected chi connectivity index (χ0v) is 13.9. The summed E-state index contributed by atoms with van der Waals surface area (Å²) in [6.07, 6.45) is 4.41. The minimum absolute atomic E-state index is 0.634. The van der Waals surface area contributed by atoms with Gasteiger partial charge < -0.3 is 20.1 Å². The lowest BCUT2D eigenvalue weighted by Gasteiger charge is -2.30. The second-order valence-electron chi connectivity index (χ2n) is 6.18. The van der Waals surface area contributed by atoms with E-state index in [0.717, 1.165) is 45.6 Å². The highest BCUT2D eigenvalue weighted by Gasteiger charge is 2.35. The van der Waals surface area contributed by atoms with Crippen LogP contribution in [0.1, 0.15) is 46.0 Å². The topological polar surface area (TPSA) is 61.8 Å². The van der Waals surface area contributed by atoms with E-state index in [1.807, 2.05) is 6.92 Å². The lowest BCUT2D eigenvalue weighted by Crippen LogP contribution is -2.52. The molecule has 1 fully saturated rings. The van der Waals surface area contributed by atoms with E-state index in [2.05, 4.69) is 17.1 Å². The van der Waals surface area contributed by atoms with Gasteiger partial charge in [-0.25, -0.2) is 0 Å². The number of carbonyl (C=O) groups is 1. The van der Waals surface area contributed by atoms with Crippen LogP contribution in [-0.4, -0.2) is 61.4 Å². The van der Waals surface area contributed by atoms with Crippen molar-refractivity contribution in [3.63, 3.8) is 0 Å². The first-order valence-corrected chi connectivity index (χ1v) is 8.27. The average molecular weight is 300 g/mol. The van der Waals surface area contributed by atoms with Crippen LogP contribution in [0.5, 0.6) is 0 Å². The van der Waals surface area contributed by atoms with Gasteiger partial charge in [0.1, 0.15) is 5.54 Å². The molecule has 0 bridgehead atoms. The van der Waals surface area contributed by atoms with Crippen LogP contribution >= 0.6 is 0 Å². The van der Waals surface area contributed by atoms with Crippen molar-refractivity contribution in [3.05, 3.63) is 0 Å². The van der Waals surface area contributed by atoms with Crippen LogP contribution in [0, 0.1) is 5.92 Å². The molecule has 1 aliphatic rings. The Hall–Kier alpha value is -0.650. The maximum absolute atomic E-state index is 11.6. The van der Waals surface area contributed by atoms with Crippen molar-refractivity contribution in [1.29, 1.82) is 0 Å². The quantitative estimate of drug-likeness (QED) is 0.611. The van der Waals surface area contributed by atoms with E-state index in [1.165, 1.54) is 6.42 Å². The molecule has 0 aromatic carbocycles. The molecular formula is C16H32N2O3. The Balaban J connectivity index is 2.38. The standard InChI is InChI=1S/C16H32N2O3/c1-4-9-17-16(5-2,15(19)20)8-6-10-18-11-7-14(12-18)13-21-3/h14,17H,4-13H2,1-3H3,(H,19,20). The number of hydrogen-bond donors (Lipinski definition) is 2. The number of carboxylic acids is 1. The Bertz CT molecular complexity index is 312. The molecule has 0 amide bonds. The molecule has 1 rings (SSSR count). The highest BCUT2D eigenvalue weighted by Crippen LogP contribution is 2.21. The predicted molar refractivity (Wildman–Crippen MR) is 84.6 cm³/mol. The summed E-state index contributed by atoms with van der Waals surface area (Å²) in [5, 5.41) is 12.8. The predicted octanol–water partition coefficient (Wildman–Crippen LogP) is 1.97. The molecule has 0 radical (unpaired) electrons. The summed E-state index contributed by atoms with van der Waals surface area (Å²) in [5.41, 5.74) is -0.748. The first-order chi connectivity index (χ1) is 10.1. The van der Waals surface area contributed by atoms with Gasteiger partial charge in [0, 0.05) is 13.7 Å². The van der Waals surface area contributed by atoms with Gasteiger partial charge in [-0.15, -0.1) is 0 Å². The van der Waals surface area contributed by atoms with Gasteiger partial charge in [-0.2, -0.15) is 0 Å². The molecule has 1 heterocycles. The maximum Gasteiger partial charge on any atom is 0.323 e. The monoisotopic (exact) mass is 300 g/mol. The average Bonchev–Trinajstić information content (AvgIpc) is 2.90. The molecule has 0 aromatic heterocycles. The van der Waals surface area contributed by atoms with Gasteiger partial charge in [0.25, 0.3) is 0 Å². The van der Waals surface area contributed by atoms with Crippen LogP contribution < -0.4 is 5.32 Å². The smallest absolute Gasteiger partial charge is 0.323 e. The van der Waals surface area contributed by atoms with E-state index in [1.54, 1.807) is 7.11 Å². The summed E-state index contributed by atoms with van der Waals surface area (Å²) < 4.78 is 5.21. The number of rotatable bonds is 11. The Kier molecular flexibility index (Phi) is 8.22. The fraction of sp³-hybridized carbons (Fsp3) is 0.938. The number of hydrogen-bond acceptors (Lipinski definition) is 4. The lowest BCUT2D eigenvalue weighted by molar-refractivity contribution is -0.145. The van der Waals surface area contributed by atoms with Crippen LogP contribution in [0.15, 0.2) is 0 Å². The summed E-state index contributed by atoms with van der Waals surface area (Å²) >= 11 is 0. The number of nitrogens with zero attached hydrogens (tertiary/aromatic N) is 1. The van der Waals surface area contributed by atoms with Crippen molar-refractivity contribution in [2.24, 2.45) is 5.92 Å². The molecule has 2 atom stereocenters. The van der Waals surface area contributed by atoms with E-state index in [0.29, 0.717) is 18.8 Å². The number of carboxylic acid groups (broad SMARTS) is 1. The molecule has 1 saturated heterocycles. The molecule has 5 heteroatoms. The van der Waals surface area contributed by atoms with E-state index < -0.39 is 11.5 Å². The minimum Gasteiger partial charge on any atom is -0.480 e. The lowest BCUT2D eigenvalue weighted by atomic mass is 9.90.